The molecule has 2 aromatic carbocycles. The summed E-state index contributed by atoms with van der Waals surface area (Å²) in [7, 11) is 2.21. The summed E-state index contributed by atoms with van der Waals surface area (Å²) in [5.74, 6) is 0.926. The van der Waals surface area contributed by atoms with Gasteiger partial charge in [0.05, 0.1) is 0 Å². The molecule has 0 saturated carbocycles. The van der Waals surface area contributed by atoms with Gasteiger partial charge in [-0.05, 0) is 49.7 Å². The number of likely N-dealkylation sites (tertiary alicyclic amines) is 1. The quantitative estimate of drug-likeness (QED) is 0.891. The lowest BCUT2D eigenvalue weighted by Gasteiger charge is -2.30. The molecule has 3 nitrogen and oxygen atoms in total. The molecule has 2 aromatic rings. The first kappa shape index (κ1) is 16.0. The molecule has 23 heavy (non-hydrogen) atoms. The maximum Gasteiger partial charge on any atom is 0.119 e. The van der Waals surface area contributed by atoms with Crippen molar-refractivity contribution >= 4 is 0 Å². The van der Waals surface area contributed by atoms with Crippen molar-refractivity contribution in [1.29, 1.82) is 0 Å². The Morgan fingerprint density at radius 1 is 1.13 bits per heavy atom. The van der Waals surface area contributed by atoms with Crippen LogP contribution in [-0.4, -0.2) is 38.2 Å². The van der Waals surface area contributed by atoms with Crippen molar-refractivity contribution in [3.63, 3.8) is 0 Å². The van der Waals surface area contributed by atoms with E-state index in [9.17, 15) is 0 Å². The Morgan fingerprint density at radius 3 is 2.65 bits per heavy atom. The highest BCUT2D eigenvalue weighted by atomic mass is 16.5. The van der Waals surface area contributed by atoms with Crippen molar-refractivity contribution in [1.82, 2.24) is 4.90 Å². The molecule has 122 valence electrons. The predicted octanol–water partition coefficient (Wildman–Crippen LogP) is 2.84. The van der Waals surface area contributed by atoms with Gasteiger partial charge in [-0.15, -0.1) is 0 Å². The van der Waals surface area contributed by atoms with E-state index in [1.54, 1.807) is 0 Å². The van der Waals surface area contributed by atoms with Gasteiger partial charge >= 0.3 is 0 Å². The van der Waals surface area contributed by atoms with Crippen LogP contribution in [0, 0.1) is 0 Å². The summed E-state index contributed by atoms with van der Waals surface area (Å²) in [6.45, 7) is 3.33. The molecule has 2 N–H and O–H groups in total. The third-order valence-corrected chi connectivity index (χ3v) is 4.76. The summed E-state index contributed by atoms with van der Waals surface area (Å²) in [5, 5.41) is 0. The van der Waals surface area contributed by atoms with E-state index in [1.165, 1.54) is 17.5 Å². The molecule has 0 aromatic heterocycles. The fourth-order valence-electron chi connectivity index (χ4n) is 3.64. The number of nitrogens with two attached hydrogens (primary N) is 1. The van der Waals surface area contributed by atoms with Gasteiger partial charge in [-0.1, -0.05) is 42.5 Å². The predicted molar refractivity (Wildman–Crippen MR) is 94.9 cm³/mol. The molecular formula is C20H26N2O. The van der Waals surface area contributed by atoms with Gasteiger partial charge in [-0.3, -0.25) is 0 Å². The number of benzene rings is 2. The van der Waals surface area contributed by atoms with Gasteiger partial charge in [0.2, 0.25) is 0 Å². The molecule has 0 spiro atoms. The van der Waals surface area contributed by atoms with Crippen molar-refractivity contribution in [2.24, 2.45) is 5.73 Å². The third-order valence-electron chi connectivity index (χ3n) is 4.76. The van der Waals surface area contributed by atoms with E-state index in [0.717, 1.165) is 25.3 Å². The van der Waals surface area contributed by atoms with Crippen LogP contribution in [0.2, 0.25) is 0 Å². The van der Waals surface area contributed by atoms with E-state index in [4.69, 9.17) is 10.5 Å². The fourth-order valence-corrected chi connectivity index (χ4v) is 3.64. The van der Waals surface area contributed by atoms with E-state index in [-0.39, 0.29) is 5.41 Å². The Morgan fingerprint density at radius 2 is 1.96 bits per heavy atom. The number of nitrogens with zero attached hydrogens (tertiary/aromatic N) is 1. The van der Waals surface area contributed by atoms with Crippen LogP contribution in [-0.2, 0) is 11.8 Å². The monoisotopic (exact) mass is 310 g/mol. The van der Waals surface area contributed by atoms with Crippen LogP contribution in [0.25, 0.3) is 0 Å². The second-order valence-electron chi connectivity index (χ2n) is 6.60. The Labute approximate surface area is 139 Å². The molecule has 0 amide bonds. The summed E-state index contributed by atoms with van der Waals surface area (Å²) in [6, 6.07) is 19.4. The second-order valence-corrected chi connectivity index (χ2v) is 6.60. The molecule has 1 atom stereocenters. The number of rotatable bonds is 6. The van der Waals surface area contributed by atoms with Crippen molar-refractivity contribution in [3.05, 3.63) is 65.7 Å². The lowest BCUT2D eigenvalue weighted by atomic mass is 9.75. The molecule has 1 saturated heterocycles. The van der Waals surface area contributed by atoms with Crippen molar-refractivity contribution in [2.75, 3.05) is 33.3 Å². The molecule has 3 heteroatoms. The minimum absolute atomic E-state index is 0.165. The van der Waals surface area contributed by atoms with E-state index in [1.807, 2.05) is 6.07 Å². The lowest BCUT2D eigenvalue weighted by Crippen LogP contribution is -2.32. The van der Waals surface area contributed by atoms with Crippen LogP contribution in [0.15, 0.2) is 54.6 Å². The first-order valence-corrected chi connectivity index (χ1v) is 8.38. The molecule has 1 aliphatic rings. The van der Waals surface area contributed by atoms with Gasteiger partial charge in [0, 0.05) is 18.5 Å². The normalized spacial score (nSPS) is 21.5. The number of ether oxygens (including phenoxy) is 1. The minimum Gasteiger partial charge on any atom is -0.492 e. The van der Waals surface area contributed by atoms with Crippen molar-refractivity contribution in [2.45, 2.75) is 18.3 Å². The van der Waals surface area contributed by atoms with Gasteiger partial charge in [0.25, 0.3) is 0 Å². The summed E-state index contributed by atoms with van der Waals surface area (Å²) >= 11 is 0. The third kappa shape index (κ3) is 3.74. The molecule has 1 heterocycles. The second kappa shape index (κ2) is 7.16. The van der Waals surface area contributed by atoms with Crippen LogP contribution in [0.1, 0.15) is 17.5 Å². The van der Waals surface area contributed by atoms with Crippen LogP contribution >= 0.6 is 0 Å². The van der Waals surface area contributed by atoms with Crippen molar-refractivity contribution < 1.29 is 4.74 Å². The number of likely N-dealkylation sites (N-methyl/N-ethyl adjacent to an activating group) is 1. The fraction of sp³-hybridized carbons (Fsp3) is 0.400. The zero-order valence-electron chi connectivity index (χ0n) is 13.9. The maximum atomic E-state index is 5.74. The van der Waals surface area contributed by atoms with Crippen LogP contribution in [0.4, 0.5) is 0 Å². The first-order valence-electron chi connectivity index (χ1n) is 8.38. The van der Waals surface area contributed by atoms with E-state index in [2.05, 4.69) is 60.5 Å². The Hall–Kier alpha value is -1.84. The highest BCUT2D eigenvalue weighted by Gasteiger charge is 2.38. The lowest BCUT2D eigenvalue weighted by molar-refractivity contribution is 0.325. The molecule has 1 unspecified atom stereocenters. The van der Waals surface area contributed by atoms with Crippen LogP contribution < -0.4 is 10.5 Å². The smallest absolute Gasteiger partial charge is 0.119 e. The molecule has 0 bridgehead atoms. The number of hydrogen-bond acceptors (Lipinski definition) is 3. The largest absolute Gasteiger partial charge is 0.492 e. The zero-order valence-corrected chi connectivity index (χ0v) is 13.9. The van der Waals surface area contributed by atoms with E-state index >= 15 is 0 Å². The Balaban J connectivity index is 1.90. The van der Waals surface area contributed by atoms with E-state index < -0.39 is 0 Å². The summed E-state index contributed by atoms with van der Waals surface area (Å²) < 4.78 is 5.74. The minimum atomic E-state index is 0.165. The highest BCUT2D eigenvalue weighted by Crippen LogP contribution is 2.38. The zero-order chi connectivity index (χ0) is 16.1. The molecule has 0 aliphatic carbocycles. The van der Waals surface area contributed by atoms with Crippen LogP contribution in [0.3, 0.4) is 0 Å². The maximum absolute atomic E-state index is 5.74. The van der Waals surface area contributed by atoms with Gasteiger partial charge in [-0.25, -0.2) is 0 Å². The molecule has 3 rings (SSSR count). The number of hydrogen-bond donors (Lipinski definition) is 1. The molecular weight excluding hydrogens is 284 g/mol. The SMILES string of the molecule is CN1CCC(Cc2ccccc2)(c2cccc(OCCN)c2)C1. The summed E-state index contributed by atoms with van der Waals surface area (Å²) in [6.07, 6.45) is 2.25. The molecule has 0 radical (unpaired) electrons. The average Bonchev–Trinajstić information content (AvgIpc) is 2.96. The Kier molecular flexibility index (Phi) is 4.99. The standard InChI is InChI=1S/C20H26N2O/c1-22-12-10-20(16-22,15-17-6-3-2-4-7-17)18-8-5-9-19(14-18)23-13-11-21/h2-9,14H,10-13,15-16,21H2,1H3. The van der Waals surface area contributed by atoms with Gasteiger partial charge < -0.3 is 15.4 Å². The summed E-state index contributed by atoms with van der Waals surface area (Å²) in [5.41, 5.74) is 8.49. The highest BCUT2D eigenvalue weighted by molar-refractivity contribution is 5.37. The molecule has 1 fully saturated rings. The average molecular weight is 310 g/mol. The van der Waals surface area contributed by atoms with Gasteiger partial charge in [-0.2, -0.15) is 0 Å². The Bertz CT molecular complexity index is 629. The first-order chi connectivity index (χ1) is 11.2. The van der Waals surface area contributed by atoms with Crippen molar-refractivity contribution in [3.8, 4) is 5.75 Å². The van der Waals surface area contributed by atoms with Gasteiger partial charge in [0.1, 0.15) is 12.4 Å². The topological polar surface area (TPSA) is 38.5 Å². The van der Waals surface area contributed by atoms with E-state index in [0.29, 0.717) is 13.2 Å². The van der Waals surface area contributed by atoms with Crippen LogP contribution in [0.5, 0.6) is 5.75 Å². The van der Waals surface area contributed by atoms with Gasteiger partial charge in [0.15, 0.2) is 0 Å². The summed E-state index contributed by atoms with van der Waals surface area (Å²) in [4.78, 5) is 2.43. The molecule has 1 aliphatic heterocycles.